The smallest absolute Gasteiger partial charge is 0.170 e. The minimum Gasteiger partial charge on any atom is -0.297 e. The number of nitrogens with zero attached hydrogens (tertiary/aromatic N) is 3. The average molecular weight is 310 g/mol. The third kappa shape index (κ3) is 3.94. The summed E-state index contributed by atoms with van der Waals surface area (Å²) in [6.45, 7) is 6.28. The molecule has 2 rings (SSSR count). The highest BCUT2D eigenvalue weighted by Gasteiger charge is 2.37. The van der Waals surface area contributed by atoms with Gasteiger partial charge >= 0.3 is 0 Å². The molecule has 1 heterocycles. The van der Waals surface area contributed by atoms with E-state index in [0.717, 1.165) is 42.3 Å². The fraction of sp³-hybridized carbons (Fsp3) is 0.786. The second kappa shape index (κ2) is 6.88. The molecule has 4 nitrogen and oxygen atoms in total. The maximum absolute atomic E-state index is 9.57. The highest BCUT2D eigenvalue weighted by atomic mass is 32.2. The Balaban J connectivity index is 2.00. The van der Waals surface area contributed by atoms with Gasteiger partial charge in [-0.25, -0.2) is 4.98 Å². The molecule has 2 unspecified atom stereocenters. The summed E-state index contributed by atoms with van der Waals surface area (Å²) in [5.74, 6) is 0.931. The Labute approximate surface area is 129 Å². The van der Waals surface area contributed by atoms with Crippen molar-refractivity contribution in [3.63, 3.8) is 0 Å². The van der Waals surface area contributed by atoms with Crippen molar-refractivity contribution in [3.8, 4) is 6.07 Å². The normalized spacial score (nSPS) is 26.6. The highest BCUT2D eigenvalue weighted by molar-refractivity contribution is 8.01. The zero-order chi connectivity index (χ0) is 14.6. The van der Waals surface area contributed by atoms with Gasteiger partial charge in [-0.05, 0) is 51.1 Å². The Morgan fingerprint density at radius 1 is 1.60 bits per heavy atom. The van der Waals surface area contributed by atoms with Crippen LogP contribution in [0.4, 0.5) is 0 Å². The van der Waals surface area contributed by atoms with Crippen molar-refractivity contribution in [2.75, 3.05) is 0 Å². The zero-order valence-corrected chi connectivity index (χ0v) is 14.0. The van der Waals surface area contributed by atoms with Crippen molar-refractivity contribution < 1.29 is 0 Å². The number of nitriles is 1. The molecule has 2 atom stereocenters. The van der Waals surface area contributed by atoms with Crippen LogP contribution in [0.5, 0.6) is 0 Å². The zero-order valence-electron chi connectivity index (χ0n) is 12.3. The minimum atomic E-state index is -0.359. The summed E-state index contributed by atoms with van der Waals surface area (Å²) in [5.41, 5.74) is -0.359. The molecular weight excluding hydrogens is 288 g/mol. The van der Waals surface area contributed by atoms with Gasteiger partial charge in [-0.15, -0.1) is 0 Å². The fourth-order valence-corrected chi connectivity index (χ4v) is 5.00. The van der Waals surface area contributed by atoms with E-state index in [1.54, 1.807) is 11.8 Å². The standard InChI is InChI=1S/C14H22N4S2/c1-4-12-16-13(20-18-12)19-11-6-5-7-14(8-11,9-15)17-10(2)3/h10-11,17H,4-8H2,1-3H3. The number of thioether (sulfide) groups is 1. The molecule has 0 saturated heterocycles. The first-order valence-electron chi connectivity index (χ1n) is 7.25. The van der Waals surface area contributed by atoms with E-state index in [1.807, 2.05) is 0 Å². The molecule has 1 aromatic rings. The molecule has 0 aromatic carbocycles. The van der Waals surface area contributed by atoms with Gasteiger partial charge < -0.3 is 0 Å². The van der Waals surface area contributed by atoms with Crippen LogP contribution in [0.15, 0.2) is 4.34 Å². The first kappa shape index (κ1) is 15.7. The number of aryl methyl sites for hydroxylation is 1. The van der Waals surface area contributed by atoms with E-state index in [0.29, 0.717) is 11.3 Å². The Morgan fingerprint density at radius 2 is 2.40 bits per heavy atom. The van der Waals surface area contributed by atoms with Crippen LogP contribution in [-0.4, -0.2) is 26.2 Å². The van der Waals surface area contributed by atoms with Gasteiger partial charge in [0, 0.05) is 17.7 Å². The molecule has 1 saturated carbocycles. The van der Waals surface area contributed by atoms with E-state index in [1.165, 1.54) is 11.5 Å². The number of nitrogens with one attached hydrogen (secondary N) is 1. The molecular formula is C14H22N4S2. The van der Waals surface area contributed by atoms with Crippen molar-refractivity contribution in [3.05, 3.63) is 5.82 Å². The summed E-state index contributed by atoms with van der Waals surface area (Å²) < 4.78 is 5.38. The van der Waals surface area contributed by atoms with E-state index in [2.05, 4.69) is 41.5 Å². The predicted molar refractivity (Wildman–Crippen MR) is 84.0 cm³/mol. The van der Waals surface area contributed by atoms with E-state index < -0.39 is 0 Å². The Morgan fingerprint density at radius 3 is 3.00 bits per heavy atom. The second-order valence-electron chi connectivity index (χ2n) is 5.66. The lowest BCUT2D eigenvalue weighted by atomic mass is 9.82. The van der Waals surface area contributed by atoms with Crippen LogP contribution in [0.1, 0.15) is 52.3 Å². The lowest BCUT2D eigenvalue weighted by Crippen LogP contribution is -2.51. The lowest BCUT2D eigenvalue weighted by Gasteiger charge is -2.37. The van der Waals surface area contributed by atoms with Crippen molar-refractivity contribution in [1.29, 1.82) is 5.26 Å². The van der Waals surface area contributed by atoms with Crippen LogP contribution in [0.3, 0.4) is 0 Å². The number of hydrogen-bond donors (Lipinski definition) is 1. The number of aromatic nitrogens is 2. The molecule has 1 aliphatic rings. The third-order valence-corrected chi connectivity index (χ3v) is 5.61. The van der Waals surface area contributed by atoms with Crippen molar-refractivity contribution in [2.45, 2.75) is 74.0 Å². The molecule has 1 N–H and O–H groups in total. The molecule has 1 fully saturated rings. The van der Waals surface area contributed by atoms with Crippen LogP contribution in [0, 0.1) is 11.3 Å². The van der Waals surface area contributed by atoms with Gasteiger partial charge in [-0.2, -0.15) is 9.64 Å². The molecule has 6 heteroatoms. The molecule has 0 aliphatic heterocycles. The van der Waals surface area contributed by atoms with Crippen molar-refractivity contribution in [2.24, 2.45) is 0 Å². The van der Waals surface area contributed by atoms with Crippen LogP contribution in [-0.2, 0) is 6.42 Å². The largest absolute Gasteiger partial charge is 0.297 e. The van der Waals surface area contributed by atoms with Gasteiger partial charge in [0.05, 0.1) is 6.07 Å². The SMILES string of the molecule is CCc1nsc(SC2CCCC(C#N)(NC(C)C)C2)n1. The highest BCUT2D eigenvalue weighted by Crippen LogP contribution is 2.38. The summed E-state index contributed by atoms with van der Waals surface area (Å²) >= 11 is 3.29. The Bertz CT molecular complexity index is 480. The maximum atomic E-state index is 9.57. The molecule has 0 radical (unpaired) electrons. The lowest BCUT2D eigenvalue weighted by molar-refractivity contribution is 0.284. The quantitative estimate of drug-likeness (QED) is 0.903. The van der Waals surface area contributed by atoms with Crippen LogP contribution in [0.25, 0.3) is 0 Å². The van der Waals surface area contributed by atoms with Gasteiger partial charge in [0.25, 0.3) is 0 Å². The minimum absolute atomic E-state index is 0.339. The number of hydrogen-bond acceptors (Lipinski definition) is 6. The van der Waals surface area contributed by atoms with E-state index in [9.17, 15) is 5.26 Å². The van der Waals surface area contributed by atoms with E-state index in [-0.39, 0.29) is 5.54 Å². The topological polar surface area (TPSA) is 61.6 Å². The van der Waals surface area contributed by atoms with Crippen molar-refractivity contribution >= 4 is 23.3 Å². The summed E-state index contributed by atoms with van der Waals surface area (Å²) in [6.07, 6.45) is 5.00. The van der Waals surface area contributed by atoms with E-state index >= 15 is 0 Å². The third-order valence-electron chi connectivity index (χ3n) is 3.52. The van der Waals surface area contributed by atoms with Gasteiger partial charge in [-0.1, -0.05) is 18.7 Å². The Hall–Kier alpha value is -0.640. The summed E-state index contributed by atoms with van der Waals surface area (Å²) in [4.78, 5) is 4.52. The van der Waals surface area contributed by atoms with E-state index in [4.69, 9.17) is 0 Å². The summed E-state index contributed by atoms with van der Waals surface area (Å²) in [6, 6.07) is 2.86. The molecule has 0 amide bonds. The predicted octanol–water partition coefficient (Wildman–Crippen LogP) is 3.40. The van der Waals surface area contributed by atoms with Crippen LogP contribution < -0.4 is 5.32 Å². The van der Waals surface area contributed by atoms with Gasteiger partial charge in [0.15, 0.2) is 4.34 Å². The fourth-order valence-electron chi connectivity index (χ4n) is 2.71. The van der Waals surface area contributed by atoms with Gasteiger partial charge in [0.2, 0.25) is 0 Å². The molecule has 110 valence electrons. The molecule has 1 aliphatic carbocycles. The molecule has 0 bridgehead atoms. The van der Waals surface area contributed by atoms with Crippen LogP contribution >= 0.6 is 23.3 Å². The van der Waals surface area contributed by atoms with Gasteiger partial charge in [0.1, 0.15) is 11.4 Å². The number of rotatable bonds is 5. The van der Waals surface area contributed by atoms with Crippen molar-refractivity contribution in [1.82, 2.24) is 14.7 Å². The first-order chi connectivity index (χ1) is 9.57. The summed E-state index contributed by atoms with van der Waals surface area (Å²) in [5, 5.41) is 13.5. The average Bonchev–Trinajstić information content (AvgIpc) is 2.86. The first-order valence-corrected chi connectivity index (χ1v) is 8.90. The van der Waals surface area contributed by atoms with Gasteiger partial charge in [-0.3, -0.25) is 5.32 Å². The maximum Gasteiger partial charge on any atom is 0.170 e. The molecule has 1 aromatic heterocycles. The summed E-state index contributed by atoms with van der Waals surface area (Å²) in [7, 11) is 0. The Kier molecular flexibility index (Phi) is 5.42. The molecule has 20 heavy (non-hydrogen) atoms. The van der Waals surface area contributed by atoms with Crippen LogP contribution in [0.2, 0.25) is 0 Å². The second-order valence-corrected chi connectivity index (χ2v) is 7.96. The molecule has 0 spiro atoms. The monoisotopic (exact) mass is 310 g/mol.